The van der Waals surface area contributed by atoms with Crippen LogP contribution in [0.1, 0.15) is 30.0 Å². The third-order valence-corrected chi connectivity index (χ3v) is 7.79. The van der Waals surface area contributed by atoms with Gasteiger partial charge in [0.2, 0.25) is 15.9 Å². The molecule has 9 heteroatoms. The molecule has 0 radical (unpaired) electrons. The molecule has 1 N–H and O–H groups in total. The molecule has 6 nitrogen and oxygen atoms in total. The lowest BCUT2D eigenvalue weighted by atomic mass is 10.1. The Bertz CT molecular complexity index is 1280. The number of rotatable bonds is 13. The van der Waals surface area contributed by atoms with E-state index < -0.39 is 10.0 Å². The highest BCUT2D eigenvalue weighted by atomic mass is 35.5. The standard InChI is InChI=1S/C27H29ClN2O4S2/c1-3-13-29-36(32,33)25-8-5-21(6-9-25)11-14-30(27(31)17-22-12-16-35-20-22)19-23-18-24(28)7-10-26(23)34-15-4-2/h1,5-10,12,16,18,20,29H,4,11,13-15,17,19H2,2H3. The molecule has 0 aliphatic heterocycles. The summed E-state index contributed by atoms with van der Waals surface area (Å²) in [5.74, 6) is 2.96. The molecular formula is C27H29ClN2O4S2. The Morgan fingerprint density at radius 3 is 2.61 bits per heavy atom. The second-order valence-electron chi connectivity index (χ2n) is 8.15. The van der Waals surface area contributed by atoms with Crippen molar-refractivity contribution in [2.45, 2.75) is 37.6 Å². The lowest BCUT2D eigenvalue weighted by Gasteiger charge is -2.24. The van der Waals surface area contributed by atoms with E-state index in [1.54, 1.807) is 46.6 Å². The second kappa shape index (κ2) is 13.5. The normalized spacial score (nSPS) is 11.1. The molecule has 0 aliphatic carbocycles. The first-order valence-electron chi connectivity index (χ1n) is 11.5. The lowest BCUT2D eigenvalue weighted by Crippen LogP contribution is -2.33. The summed E-state index contributed by atoms with van der Waals surface area (Å²) in [7, 11) is -3.65. The molecule has 0 unspecified atom stereocenters. The van der Waals surface area contributed by atoms with Crippen molar-refractivity contribution in [2.24, 2.45) is 0 Å². The van der Waals surface area contributed by atoms with E-state index in [0.29, 0.717) is 43.3 Å². The topological polar surface area (TPSA) is 75.7 Å². The zero-order chi connectivity index (χ0) is 26.0. The Kier molecular flexibility index (Phi) is 10.4. The van der Waals surface area contributed by atoms with E-state index >= 15 is 0 Å². The number of nitrogens with zero attached hydrogens (tertiary/aromatic N) is 1. The van der Waals surface area contributed by atoms with Crippen LogP contribution in [0.4, 0.5) is 0 Å². The summed E-state index contributed by atoms with van der Waals surface area (Å²) in [6, 6.07) is 14.0. The monoisotopic (exact) mass is 544 g/mol. The van der Waals surface area contributed by atoms with E-state index in [-0.39, 0.29) is 17.3 Å². The molecule has 36 heavy (non-hydrogen) atoms. The van der Waals surface area contributed by atoms with Gasteiger partial charge in [-0.25, -0.2) is 8.42 Å². The largest absolute Gasteiger partial charge is 0.493 e. The minimum absolute atomic E-state index is 0.00694. The fourth-order valence-electron chi connectivity index (χ4n) is 3.52. The van der Waals surface area contributed by atoms with Gasteiger partial charge in [-0.2, -0.15) is 16.1 Å². The second-order valence-corrected chi connectivity index (χ2v) is 11.1. The molecule has 1 heterocycles. The van der Waals surface area contributed by atoms with Crippen LogP contribution in [0.2, 0.25) is 5.02 Å². The Balaban J connectivity index is 1.77. The summed E-state index contributed by atoms with van der Waals surface area (Å²) < 4.78 is 32.8. The highest BCUT2D eigenvalue weighted by molar-refractivity contribution is 7.89. The number of carbonyl (C=O) groups is 1. The summed E-state index contributed by atoms with van der Waals surface area (Å²) in [5.41, 5.74) is 2.72. The van der Waals surface area contributed by atoms with Crippen molar-refractivity contribution in [3.05, 3.63) is 81.0 Å². The summed E-state index contributed by atoms with van der Waals surface area (Å²) in [6.07, 6.45) is 6.87. The van der Waals surface area contributed by atoms with Crippen LogP contribution in [0.5, 0.6) is 5.75 Å². The van der Waals surface area contributed by atoms with E-state index in [4.69, 9.17) is 22.8 Å². The van der Waals surface area contributed by atoms with Crippen molar-refractivity contribution < 1.29 is 17.9 Å². The summed E-state index contributed by atoms with van der Waals surface area (Å²) >= 11 is 7.82. The van der Waals surface area contributed by atoms with E-state index in [9.17, 15) is 13.2 Å². The molecular weight excluding hydrogens is 516 g/mol. The van der Waals surface area contributed by atoms with Crippen LogP contribution < -0.4 is 9.46 Å². The van der Waals surface area contributed by atoms with Crippen LogP contribution in [0.25, 0.3) is 0 Å². The minimum atomic E-state index is -3.65. The molecule has 0 saturated heterocycles. The van der Waals surface area contributed by atoms with Crippen LogP contribution in [-0.4, -0.2) is 38.9 Å². The smallest absolute Gasteiger partial charge is 0.241 e. The quantitative estimate of drug-likeness (QED) is 0.310. The van der Waals surface area contributed by atoms with Crippen LogP contribution in [0.3, 0.4) is 0 Å². The number of benzene rings is 2. The SMILES string of the molecule is C#CCNS(=O)(=O)c1ccc(CCN(Cc2cc(Cl)ccc2OCCC)C(=O)Cc2ccsc2)cc1. The number of terminal acetylenes is 1. The molecule has 0 saturated carbocycles. The van der Waals surface area contributed by atoms with E-state index in [1.807, 2.05) is 35.9 Å². The number of ether oxygens (including phenoxy) is 1. The molecule has 0 aliphatic rings. The van der Waals surface area contributed by atoms with Gasteiger partial charge >= 0.3 is 0 Å². The molecule has 190 valence electrons. The van der Waals surface area contributed by atoms with Crippen molar-refractivity contribution in [1.29, 1.82) is 0 Å². The van der Waals surface area contributed by atoms with Gasteiger partial charge in [-0.1, -0.05) is 36.6 Å². The number of amides is 1. The van der Waals surface area contributed by atoms with Crippen molar-refractivity contribution in [2.75, 3.05) is 19.7 Å². The number of sulfonamides is 1. The highest BCUT2D eigenvalue weighted by Crippen LogP contribution is 2.25. The number of hydrogen-bond donors (Lipinski definition) is 1. The van der Waals surface area contributed by atoms with Gasteiger partial charge in [-0.15, -0.1) is 6.42 Å². The van der Waals surface area contributed by atoms with Gasteiger partial charge in [-0.3, -0.25) is 4.79 Å². The lowest BCUT2D eigenvalue weighted by molar-refractivity contribution is -0.131. The predicted octanol–water partition coefficient (Wildman–Crippen LogP) is 4.92. The van der Waals surface area contributed by atoms with Crippen LogP contribution >= 0.6 is 22.9 Å². The van der Waals surface area contributed by atoms with Gasteiger partial charge in [0.15, 0.2) is 0 Å². The molecule has 3 aromatic rings. The van der Waals surface area contributed by atoms with Crippen LogP contribution in [0, 0.1) is 12.3 Å². The number of nitrogens with one attached hydrogen (secondary N) is 1. The Hall–Kier alpha value is -2.83. The first-order valence-corrected chi connectivity index (χ1v) is 14.3. The highest BCUT2D eigenvalue weighted by Gasteiger charge is 2.18. The molecule has 3 rings (SSSR count). The Morgan fingerprint density at radius 2 is 1.94 bits per heavy atom. The van der Waals surface area contributed by atoms with E-state index in [0.717, 1.165) is 23.1 Å². The summed E-state index contributed by atoms with van der Waals surface area (Å²) in [5, 5.41) is 4.50. The minimum Gasteiger partial charge on any atom is -0.493 e. The zero-order valence-corrected chi connectivity index (χ0v) is 22.5. The zero-order valence-electron chi connectivity index (χ0n) is 20.1. The number of hydrogen-bond acceptors (Lipinski definition) is 5. The van der Waals surface area contributed by atoms with Gasteiger partial charge in [0.1, 0.15) is 5.75 Å². The molecule has 0 bridgehead atoms. The maximum absolute atomic E-state index is 13.3. The van der Waals surface area contributed by atoms with Gasteiger partial charge in [0.05, 0.1) is 24.5 Å². The summed E-state index contributed by atoms with van der Waals surface area (Å²) in [6.45, 7) is 3.34. The molecule has 2 aromatic carbocycles. The van der Waals surface area contributed by atoms with Gasteiger partial charge in [0.25, 0.3) is 0 Å². The summed E-state index contributed by atoms with van der Waals surface area (Å²) in [4.78, 5) is 15.2. The molecule has 0 spiro atoms. The Morgan fingerprint density at radius 1 is 1.17 bits per heavy atom. The molecule has 1 aromatic heterocycles. The fraction of sp³-hybridized carbons (Fsp3) is 0.296. The average Bonchev–Trinajstić information content (AvgIpc) is 3.38. The first-order chi connectivity index (χ1) is 17.3. The van der Waals surface area contributed by atoms with Gasteiger partial charge < -0.3 is 9.64 Å². The average molecular weight is 545 g/mol. The Labute approximate surface area is 222 Å². The fourth-order valence-corrected chi connectivity index (χ4v) is 5.32. The first kappa shape index (κ1) is 27.8. The number of carbonyl (C=O) groups excluding carboxylic acids is 1. The van der Waals surface area contributed by atoms with Crippen LogP contribution in [-0.2, 0) is 34.2 Å². The van der Waals surface area contributed by atoms with Crippen molar-refractivity contribution in [1.82, 2.24) is 9.62 Å². The van der Waals surface area contributed by atoms with Crippen molar-refractivity contribution >= 4 is 38.9 Å². The van der Waals surface area contributed by atoms with E-state index in [2.05, 4.69) is 10.6 Å². The van der Waals surface area contributed by atoms with Gasteiger partial charge in [0, 0.05) is 23.7 Å². The van der Waals surface area contributed by atoms with Gasteiger partial charge in [-0.05, 0) is 71.1 Å². The maximum Gasteiger partial charge on any atom is 0.241 e. The third kappa shape index (κ3) is 8.10. The van der Waals surface area contributed by atoms with Crippen LogP contribution in [0.15, 0.2) is 64.2 Å². The number of thiophene rings is 1. The molecule has 0 fully saturated rings. The molecule has 0 atom stereocenters. The predicted molar refractivity (Wildman–Crippen MR) is 145 cm³/mol. The number of halogens is 1. The van der Waals surface area contributed by atoms with Crippen molar-refractivity contribution in [3.8, 4) is 18.1 Å². The van der Waals surface area contributed by atoms with E-state index in [1.165, 1.54) is 0 Å². The third-order valence-electron chi connectivity index (χ3n) is 5.40. The van der Waals surface area contributed by atoms with Crippen molar-refractivity contribution in [3.63, 3.8) is 0 Å². The molecule has 1 amide bonds. The maximum atomic E-state index is 13.3.